The Morgan fingerprint density at radius 3 is 2.12 bits per heavy atom. The number of aromatic nitrogens is 2. The normalized spacial score (nSPS) is 13.2. The predicted octanol–water partition coefficient (Wildman–Crippen LogP) is 3.55. The van der Waals surface area contributed by atoms with E-state index in [1.807, 2.05) is 38.1 Å². The Labute approximate surface area is 197 Å². The molecule has 0 aliphatic carbocycles. The fraction of sp³-hybridized carbons (Fsp3) is 0.318. The van der Waals surface area contributed by atoms with Gasteiger partial charge in [-0.3, -0.25) is 10.1 Å². The molecule has 9 nitrogen and oxygen atoms in total. The van der Waals surface area contributed by atoms with Crippen LogP contribution in [0.25, 0.3) is 10.6 Å². The molecule has 33 heavy (non-hydrogen) atoms. The Kier molecular flexibility index (Phi) is 8.01. The van der Waals surface area contributed by atoms with Gasteiger partial charge in [0.25, 0.3) is 0 Å². The second-order valence-corrected chi connectivity index (χ2v) is 9.98. The summed E-state index contributed by atoms with van der Waals surface area (Å²) in [5.74, 6) is 0.498. The Bertz CT molecular complexity index is 1180. The number of amides is 1. The highest BCUT2D eigenvalue weighted by atomic mass is 32.2. The smallest absolute Gasteiger partial charge is 0.244 e. The number of benzene rings is 2. The summed E-state index contributed by atoms with van der Waals surface area (Å²) in [5, 5.41) is 11.7. The van der Waals surface area contributed by atoms with Crippen molar-refractivity contribution < 1.29 is 22.7 Å². The van der Waals surface area contributed by atoms with E-state index in [9.17, 15) is 13.2 Å². The highest BCUT2D eigenvalue weighted by Gasteiger charge is 2.30. The average molecular weight is 491 g/mol. The molecule has 2 aromatic carbocycles. The minimum Gasteiger partial charge on any atom is -0.497 e. The van der Waals surface area contributed by atoms with Gasteiger partial charge in [0, 0.05) is 5.56 Å². The zero-order valence-corrected chi connectivity index (χ0v) is 20.4. The van der Waals surface area contributed by atoms with Crippen LogP contribution in [0, 0.1) is 5.92 Å². The summed E-state index contributed by atoms with van der Waals surface area (Å²) in [4.78, 5) is 13.1. The third kappa shape index (κ3) is 6.06. The van der Waals surface area contributed by atoms with E-state index >= 15 is 0 Å². The third-order valence-electron chi connectivity index (χ3n) is 5.14. The molecule has 2 atom stereocenters. The molecule has 0 saturated carbocycles. The summed E-state index contributed by atoms with van der Waals surface area (Å²) in [6.07, 6.45) is 0.594. The number of hydrogen-bond acceptors (Lipinski definition) is 8. The van der Waals surface area contributed by atoms with Gasteiger partial charge in [-0.2, -0.15) is 4.72 Å². The first-order valence-electron chi connectivity index (χ1n) is 10.2. The first kappa shape index (κ1) is 24.6. The molecular formula is C22H26N4O5S2. The van der Waals surface area contributed by atoms with E-state index in [1.165, 1.54) is 30.6 Å². The second-order valence-electron chi connectivity index (χ2n) is 7.29. The van der Waals surface area contributed by atoms with Crippen LogP contribution in [0.4, 0.5) is 5.13 Å². The Balaban J connectivity index is 1.76. The molecule has 3 rings (SSSR count). The van der Waals surface area contributed by atoms with Gasteiger partial charge in [0.1, 0.15) is 22.5 Å². The molecule has 2 unspecified atom stereocenters. The number of anilines is 1. The maximum atomic E-state index is 13.0. The summed E-state index contributed by atoms with van der Waals surface area (Å²) in [6, 6.07) is 12.3. The fourth-order valence-electron chi connectivity index (χ4n) is 2.96. The lowest BCUT2D eigenvalue weighted by molar-refractivity contribution is -0.118. The molecule has 0 aliphatic heterocycles. The van der Waals surface area contributed by atoms with Crippen molar-refractivity contribution in [3.63, 3.8) is 0 Å². The number of sulfonamides is 1. The molecule has 0 bridgehead atoms. The van der Waals surface area contributed by atoms with Crippen molar-refractivity contribution in [3.05, 3.63) is 48.5 Å². The quantitative estimate of drug-likeness (QED) is 0.446. The number of ether oxygens (including phenoxy) is 2. The van der Waals surface area contributed by atoms with Crippen molar-refractivity contribution in [2.24, 2.45) is 5.92 Å². The third-order valence-corrected chi connectivity index (χ3v) is 7.48. The Morgan fingerprint density at radius 2 is 1.58 bits per heavy atom. The molecule has 0 saturated heterocycles. The first-order chi connectivity index (χ1) is 15.8. The van der Waals surface area contributed by atoms with Crippen LogP contribution in [0.15, 0.2) is 53.4 Å². The van der Waals surface area contributed by atoms with E-state index in [2.05, 4.69) is 20.2 Å². The van der Waals surface area contributed by atoms with Gasteiger partial charge in [-0.1, -0.05) is 31.6 Å². The van der Waals surface area contributed by atoms with Gasteiger partial charge < -0.3 is 9.47 Å². The SMILES string of the molecule is CCC(C)C(NS(=O)(=O)c1ccc(OC)cc1)C(=O)Nc1nnc(-c2ccc(OC)cc2)s1. The minimum absolute atomic E-state index is 0.0436. The van der Waals surface area contributed by atoms with Crippen molar-refractivity contribution in [1.82, 2.24) is 14.9 Å². The van der Waals surface area contributed by atoms with Gasteiger partial charge in [-0.05, 0) is 54.4 Å². The van der Waals surface area contributed by atoms with Crippen LogP contribution in [0.5, 0.6) is 11.5 Å². The molecule has 3 aromatic rings. The van der Waals surface area contributed by atoms with Crippen LogP contribution >= 0.6 is 11.3 Å². The molecular weight excluding hydrogens is 464 g/mol. The topological polar surface area (TPSA) is 120 Å². The Morgan fingerprint density at radius 1 is 1.00 bits per heavy atom. The minimum atomic E-state index is -3.93. The lowest BCUT2D eigenvalue weighted by atomic mass is 9.99. The van der Waals surface area contributed by atoms with Crippen LogP contribution in [0.1, 0.15) is 20.3 Å². The number of nitrogens with zero attached hydrogens (tertiary/aromatic N) is 2. The zero-order chi connectivity index (χ0) is 24.0. The molecule has 176 valence electrons. The molecule has 1 amide bonds. The number of carbonyl (C=O) groups excluding carboxylic acids is 1. The molecule has 2 N–H and O–H groups in total. The lowest BCUT2D eigenvalue weighted by Gasteiger charge is -2.22. The molecule has 1 aromatic heterocycles. The predicted molar refractivity (Wildman–Crippen MR) is 127 cm³/mol. The van der Waals surface area contributed by atoms with Gasteiger partial charge in [0.2, 0.25) is 21.1 Å². The van der Waals surface area contributed by atoms with Gasteiger partial charge in [-0.25, -0.2) is 8.42 Å². The van der Waals surface area contributed by atoms with Crippen LogP contribution in [0.2, 0.25) is 0 Å². The lowest BCUT2D eigenvalue weighted by Crippen LogP contribution is -2.47. The number of hydrogen-bond donors (Lipinski definition) is 2. The van der Waals surface area contributed by atoms with Crippen molar-refractivity contribution in [2.45, 2.75) is 31.2 Å². The van der Waals surface area contributed by atoms with Crippen LogP contribution in [0.3, 0.4) is 0 Å². The summed E-state index contributed by atoms with van der Waals surface area (Å²) in [5.41, 5.74) is 0.826. The van der Waals surface area contributed by atoms with Gasteiger partial charge in [0.15, 0.2) is 0 Å². The number of nitrogens with one attached hydrogen (secondary N) is 2. The largest absolute Gasteiger partial charge is 0.497 e. The molecule has 0 radical (unpaired) electrons. The maximum Gasteiger partial charge on any atom is 0.244 e. The van der Waals surface area contributed by atoms with Crippen LogP contribution in [-0.4, -0.2) is 44.8 Å². The van der Waals surface area contributed by atoms with Crippen molar-refractivity contribution in [2.75, 3.05) is 19.5 Å². The van der Waals surface area contributed by atoms with E-state index in [0.29, 0.717) is 17.2 Å². The van der Waals surface area contributed by atoms with Crippen molar-refractivity contribution in [1.29, 1.82) is 0 Å². The first-order valence-corrected chi connectivity index (χ1v) is 12.5. The van der Waals surface area contributed by atoms with Crippen molar-refractivity contribution >= 4 is 32.4 Å². The van der Waals surface area contributed by atoms with Crippen LogP contribution < -0.4 is 19.5 Å². The molecule has 0 fully saturated rings. The molecule has 0 aliphatic rings. The van der Waals surface area contributed by atoms with E-state index in [4.69, 9.17) is 9.47 Å². The summed E-state index contributed by atoms with van der Waals surface area (Å²) in [6.45, 7) is 3.70. The van der Waals surface area contributed by atoms with E-state index < -0.39 is 22.0 Å². The fourth-order valence-corrected chi connectivity index (χ4v) is 5.02. The van der Waals surface area contributed by atoms with E-state index in [-0.39, 0.29) is 15.9 Å². The van der Waals surface area contributed by atoms with E-state index in [0.717, 1.165) is 11.3 Å². The van der Waals surface area contributed by atoms with Gasteiger partial charge >= 0.3 is 0 Å². The van der Waals surface area contributed by atoms with Gasteiger partial charge in [0.05, 0.1) is 19.1 Å². The standard InChI is InChI=1S/C22H26N4O5S2/c1-5-14(2)19(26-33(28,29)18-12-10-17(31-4)11-13-18)20(27)23-22-25-24-21(32-22)15-6-8-16(30-3)9-7-15/h6-14,19,26H,5H2,1-4H3,(H,23,25,27). The average Bonchev–Trinajstić information content (AvgIpc) is 3.30. The number of methoxy groups -OCH3 is 2. The molecule has 1 heterocycles. The second kappa shape index (κ2) is 10.7. The summed E-state index contributed by atoms with van der Waals surface area (Å²) >= 11 is 1.20. The summed E-state index contributed by atoms with van der Waals surface area (Å²) in [7, 11) is -0.846. The van der Waals surface area contributed by atoms with Crippen molar-refractivity contribution in [3.8, 4) is 22.1 Å². The molecule has 11 heteroatoms. The van der Waals surface area contributed by atoms with E-state index in [1.54, 1.807) is 19.2 Å². The summed E-state index contributed by atoms with van der Waals surface area (Å²) < 4.78 is 38.5. The number of carbonyl (C=O) groups is 1. The Hall–Kier alpha value is -3.02. The monoisotopic (exact) mass is 490 g/mol. The van der Waals surface area contributed by atoms with Crippen LogP contribution in [-0.2, 0) is 14.8 Å². The zero-order valence-electron chi connectivity index (χ0n) is 18.7. The molecule has 0 spiro atoms. The highest BCUT2D eigenvalue weighted by Crippen LogP contribution is 2.28. The maximum absolute atomic E-state index is 13.0. The number of rotatable bonds is 10. The van der Waals surface area contributed by atoms with Gasteiger partial charge in [-0.15, -0.1) is 10.2 Å². The highest BCUT2D eigenvalue weighted by molar-refractivity contribution is 7.89.